The van der Waals surface area contributed by atoms with Crippen molar-refractivity contribution in [3.05, 3.63) is 0 Å². The Bertz CT molecular complexity index is 355. The fraction of sp³-hybridized carbons (Fsp3) is 0.933. The molecule has 0 aliphatic carbocycles. The van der Waals surface area contributed by atoms with Crippen molar-refractivity contribution in [2.45, 2.75) is 64.8 Å². The molecule has 2 fully saturated rings. The molecule has 0 unspecified atom stereocenters. The Morgan fingerprint density at radius 1 is 1.35 bits per heavy atom. The van der Waals surface area contributed by atoms with Gasteiger partial charge in [0.25, 0.3) is 0 Å². The van der Waals surface area contributed by atoms with Crippen molar-refractivity contribution < 1.29 is 19.0 Å². The van der Waals surface area contributed by atoms with Gasteiger partial charge in [-0.25, -0.2) is 4.79 Å². The van der Waals surface area contributed by atoms with E-state index < -0.39 is 11.3 Å². The quantitative estimate of drug-likeness (QED) is 0.782. The fourth-order valence-corrected chi connectivity index (χ4v) is 2.89. The minimum atomic E-state index is -0.605. The van der Waals surface area contributed by atoms with Crippen LogP contribution in [0.2, 0.25) is 0 Å². The zero-order chi connectivity index (χ0) is 15.0. The normalized spacial score (nSPS) is 29.8. The third-order valence-corrected chi connectivity index (χ3v) is 3.79. The van der Waals surface area contributed by atoms with E-state index in [9.17, 15) is 4.79 Å². The summed E-state index contributed by atoms with van der Waals surface area (Å²) in [6, 6.07) is 0.0755. The number of hydrogen-bond acceptors (Lipinski definition) is 4. The van der Waals surface area contributed by atoms with E-state index in [1.807, 2.05) is 34.6 Å². The molecule has 20 heavy (non-hydrogen) atoms. The molecule has 1 amide bonds. The van der Waals surface area contributed by atoms with Crippen LogP contribution < -0.4 is 0 Å². The first-order chi connectivity index (χ1) is 9.19. The van der Waals surface area contributed by atoms with Crippen molar-refractivity contribution in [1.82, 2.24) is 4.90 Å². The predicted octanol–water partition coefficient (Wildman–Crippen LogP) is 2.79. The molecule has 0 N–H and O–H groups in total. The highest BCUT2D eigenvalue weighted by molar-refractivity contribution is 5.69. The Hall–Kier alpha value is -0.810. The Morgan fingerprint density at radius 2 is 2.05 bits per heavy atom. The van der Waals surface area contributed by atoms with E-state index in [0.717, 1.165) is 26.1 Å². The van der Waals surface area contributed by atoms with Crippen molar-refractivity contribution in [1.29, 1.82) is 0 Å². The molecule has 2 atom stereocenters. The molecule has 116 valence electrons. The van der Waals surface area contributed by atoms with Crippen molar-refractivity contribution in [3.63, 3.8) is 0 Å². The van der Waals surface area contributed by atoms with Gasteiger partial charge in [-0.15, -0.1) is 0 Å². The van der Waals surface area contributed by atoms with E-state index in [4.69, 9.17) is 14.2 Å². The van der Waals surface area contributed by atoms with Crippen molar-refractivity contribution in [3.8, 4) is 0 Å². The van der Waals surface area contributed by atoms with Crippen LogP contribution in [0.4, 0.5) is 4.79 Å². The van der Waals surface area contributed by atoms with Gasteiger partial charge in [0.05, 0.1) is 12.6 Å². The lowest BCUT2D eigenvalue weighted by Gasteiger charge is -2.35. The monoisotopic (exact) mass is 285 g/mol. The van der Waals surface area contributed by atoms with Crippen LogP contribution in [0, 0.1) is 5.92 Å². The molecule has 0 aromatic heterocycles. The van der Waals surface area contributed by atoms with Gasteiger partial charge < -0.3 is 14.2 Å². The molecule has 2 heterocycles. The molecule has 0 bridgehead atoms. The lowest BCUT2D eigenvalue weighted by Crippen LogP contribution is -2.50. The standard InChI is InChI=1S/C15H27NO4/c1-14(2,3)20-13(17)16-12(10-19-15(16,4)5)8-11-6-7-18-9-11/h11-12H,6-10H2,1-5H3/t11-,12-/m1/s1. The Kier molecular flexibility index (Phi) is 4.30. The summed E-state index contributed by atoms with van der Waals surface area (Å²) in [5.74, 6) is 0.516. The van der Waals surface area contributed by atoms with Gasteiger partial charge in [0.2, 0.25) is 0 Å². The average Bonchev–Trinajstić information content (AvgIpc) is 2.84. The van der Waals surface area contributed by atoms with Gasteiger partial charge in [-0.3, -0.25) is 4.90 Å². The smallest absolute Gasteiger partial charge is 0.412 e. The number of hydrogen-bond donors (Lipinski definition) is 0. The Labute approximate surface area is 121 Å². The second-order valence-electron chi connectivity index (χ2n) is 7.23. The molecule has 0 aromatic rings. The van der Waals surface area contributed by atoms with Crippen molar-refractivity contribution in [2.24, 2.45) is 5.92 Å². The number of carbonyl (C=O) groups excluding carboxylic acids is 1. The van der Waals surface area contributed by atoms with Crippen LogP contribution in [0.5, 0.6) is 0 Å². The first-order valence-corrected chi connectivity index (χ1v) is 7.43. The van der Waals surface area contributed by atoms with Crippen LogP contribution in [-0.4, -0.2) is 48.2 Å². The molecule has 0 spiro atoms. The third-order valence-electron chi connectivity index (χ3n) is 3.79. The van der Waals surface area contributed by atoms with Crippen LogP contribution in [0.25, 0.3) is 0 Å². The Morgan fingerprint density at radius 3 is 2.60 bits per heavy atom. The van der Waals surface area contributed by atoms with Gasteiger partial charge in [-0.2, -0.15) is 0 Å². The van der Waals surface area contributed by atoms with Crippen LogP contribution in [-0.2, 0) is 14.2 Å². The van der Waals surface area contributed by atoms with E-state index in [-0.39, 0.29) is 12.1 Å². The van der Waals surface area contributed by atoms with Crippen molar-refractivity contribution in [2.75, 3.05) is 19.8 Å². The molecule has 5 nitrogen and oxygen atoms in total. The van der Waals surface area contributed by atoms with Gasteiger partial charge in [-0.05, 0) is 53.4 Å². The molecule has 5 heteroatoms. The fourth-order valence-electron chi connectivity index (χ4n) is 2.89. The molecule has 2 aliphatic rings. The minimum Gasteiger partial charge on any atom is -0.444 e. The second-order valence-corrected chi connectivity index (χ2v) is 7.23. The predicted molar refractivity (Wildman–Crippen MR) is 75.4 cm³/mol. The van der Waals surface area contributed by atoms with E-state index >= 15 is 0 Å². The van der Waals surface area contributed by atoms with Crippen molar-refractivity contribution >= 4 is 6.09 Å². The zero-order valence-corrected chi connectivity index (χ0v) is 13.3. The van der Waals surface area contributed by atoms with Gasteiger partial charge in [-0.1, -0.05) is 0 Å². The van der Waals surface area contributed by atoms with Crippen LogP contribution in [0.15, 0.2) is 0 Å². The first-order valence-electron chi connectivity index (χ1n) is 7.43. The summed E-state index contributed by atoms with van der Waals surface area (Å²) in [4.78, 5) is 14.2. The van der Waals surface area contributed by atoms with E-state index in [1.165, 1.54) is 0 Å². The molecule has 0 saturated carbocycles. The second kappa shape index (κ2) is 5.53. The van der Waals surface area contributed by atoms with Crippen LogP contribution >= 0.6 is 0 Å². The molecule has 2 aliphatic heterocycles. The van der Waals surface area contributed by atoms with Gasteiger partial charge in [0.15, 0.2) is 0 Å². The minimum absolute atomic E-state index is 0.0755. The van der Waals surface area contributed by atoms with Gasteiger partial charge in [0.1, 0.15) is 11.3 Å². The summed E-state index contributed by atoms with van der Waals surface area (Å²) in [5, 5.41) is 0. The van der Waals surface area contributed by atoms with Gasteiger partial charge in [0, 0.05) is 13.2 Å². The maximum Gasteiger partial charge on any atom is 0.412 e. The number of carbonyl (C=O) groups is 1. The highest BCUT2D eigenvalue weighted by atomic mass is 16.6. The van der Waals surface area contributed by atoms with Crippen LogP contribution in [0.3, 0.4) is 0 Å². The maximum atomic E-state index is 12.5. The maximum absolute atomic E-state index is 12.5. The lowest BCUT2D eigenvalue weighted by atomic mass is 9.98. The third kappa shape index (κ3) is 3.64. The highest BCUT2D eigenvalue weighted by Crippen LogP contribution is 2.33. The largest absolute Gasteiger partial charge is 0.444 e. The SMILES string of the molecule is CC(C)(C)OC(=O)N1[C@H](C[C@H]2CCOC2)COC1(C)C. The molecular formula is C15H27NO4. The average molecular weight is 285 g/mol. The van der Waals surface area contributed by atoms with E-state index in [1.54, 1.807) is 4.90 Å². The summed E-state index contributed by atoms with van der Waals surface area (Å²) in [7, 11) is 0. The highest BCUT2D eigenvalue weighted by Gasteiger charge is 2.46. The van der Waals surface area contributed by atoms with Gasteiger partial charge >= 0.3 is 6.09 Å². The summed E-state index contributed by atoms with van der Waals surface area (Å²) >= 11 is 0. The van der Waals surface area contributed by atoms with E-state index in [0.29, 0.717) is 12.5 Å². The summed E-state index contributed by atoms with van der Waals surface area (Å²) in [6.45, 7) is 11.7. The first kappa shape index (κ1) is 15.6. The zero-order valence-electron chi connectivity index (χ0n) is 13.3. The lowest BCUT2D eigenvalue weighted by molar-refractivity contribution is -0.0631. The topological polar surface area (TPSA) is 48.0 Å². The summed E-state index contributed by atoms with van der Waals surface area (Å²) < 4.78 is 16.7. The Balaban J connectivity index is 2.05. The van der Waals surface area contributed by atoms with E-state index in [2.05, 4.69) is 0 Å². The van der Waals surface area contributed by atoms with Crippen LogP contribution in [0.1, 0.15) is 47.5 Å². The molecule has 2 saturated heterocycles. The molecular weight excluding hydrogens is 258 g/mol. The molecule has 0 radical (unpaired) electrons. The summed E-state index contributed by atoms with van der Waals surface area (Å²) in [6.07, 6.45) is 1.70. The summed E-state index contributed by atoms with van der Waals surface area (Å²) in [5.41, 5.74) is -1.09. The number of nitrogens with zero attached hydrogens (tertiary/aromatic N) is 1. The number of amides is 1. The molecule has 2 rings (SSSR count). The number of rotatable bonds is 2. The number of ether oxygens (including phenoxy) is 3. The molecule has 0 aromatic carbocycles.